The lowest BCUT2D eigenvalue weighted by Gasteiger charge is -2.14. The number of aromatic nitrogens is 4. The van der Waals surface area contributed by atoms with Crippen LogP contribution in [-0.4, -0.2) is 25.8 Å². The number of aromatic amines is 1. The number of nitrogens with one attached hydrogen (secondary N) is 2. The molecule has 2 aromatic heterocycles. The number of imidazole rings is 1. The maximum atomic E-state index is 4.58. The molecule has 0 bridgehead atoms. The van der Waals surface area contributed by atoms with Crippen molar-refractivity contribution in [3.05, 3.63) is 29.8 Å². The SMILES string of the molecule is Cc1cn(Cc2cn[nH]c2)c(NC2CCCC2)n1. The van der Waals surface area contributed by atoms with Crippen LogP contribution >= 0.6 is 0 Å². The van der Waals surface area contributed by atoms with Crippen molar-refractivity contribution in [3.8, 4) is 0 Å². The molecule has 1 saturated carbocycles. The van der Waals surface area contributed by atoms with Gasteiger partial charge in [0.05, 0.1) is 18.4 Å². The fourth-order valence-corrected chi connectivity index (χ4v) is 2.60. The molecule has 1 aliphatic rings. The van der Waals surface area contributed by atoms with Gasteiger partial charge in [0.15, 0.2) is 0 Å². The lowest BCUT2D eigenvalue weighted by Crippen LogP contribution is -2.18. The fraction of sp³-hybridized carbons (Fsp3) is 0.538. The van der Waals surface area contributed by atoms with E-state index in [1.807, 2.05) is 19.3 Å². The Morgan fingerprint density at radius 3 is 3.00 bits per heavy atom. The van der Waals surface area contributed by atoms with Gasteiger partial charge in [0.25, 0.3) is 0 Å². The molecule has 1 aliphatic carbocycles. The summed E-state index contributed by atoms with van der Waals surface area (Å²) in [5.74, 6) is 0.987. The maximum absolute atomic E-state index is 4.58. The van der Waals surface area contributed by atoms with E-state index in [2.05, 4.69) is 31.3 Å². The molecule has 1 fully saturated rings. The van der Waals surface area contributed by atoms with E-state index in [-0.39, 0.29) is 0 Å². The van der Waals surface area contributed by atoms with Gasteiger partial charge in [-0.1, -0.05) is 12.8 Å². The molecule has 5 nitrogen and oxygen atoms in total. The minimum Gasteiger partial charge on any atom is -0.353 e. The van der Waals surface area contributed by atoms with Gasteiger partial charge in [-0.05, 0) is 19.8 Å². The smallest absolute Gasteiger partial charge is 0.203 e. The Kier molecular flexibility index (Phi) is 3.04. The quantitative estimate of drug-likeness (QED) is 0.869. The molecule has 0 atom stereocenters. The Hall–Kier alpha value is -1.78. The van der Waals surface area contributed by atoms with Crippen molar-refractivity contribution in [3.63, 3.8) is 0 Å². The van der Waals surface area contributed by atoms with Gasteiger partial charge in [-0.3, -0.25) is 5.10 Å². The molecule has 0 aliphatic heterocycles. The zero-order chi connectivity index (χ0) is 12.4. The molecule has 0 aromatic carbocycles. The van der Waals surface area contributed by atoms with Gasteiger partial charge >= 0.3 is 0 Å². The van der Waals surface area contributed by atoms with Crippen molar-refractivity contribution in [2.75, 3.05) is 5.32 Å². The highest BCUT2D eigenvalue weighted by atomic mass is 15.2. The second-order valence-corrected chi connectivity index (χ2v) is 5.07. The van der Waals surface area contributed by atoms with E-state index in [1.165, 1.54) is 31.2 Å². The van der Waals surface area contributed by atoms with E-state index >= 15 is 0 Å². The van der Waals surface area contributed by atoms with Gasteiger partial charge in [0.2, 0.25) is 5.95 Å². The standard InChI is InChI=1S/C13H19N5/c1-10-8-18(9-11-6-14-15-7-11)13(16-10)17-12-4-2-3-5-12/h6-8,12H,2-5,9H2,1H3,(H,14,15)(H,16,17). The summed E-state index contributed by atoms with van der Waals surface area (Å²) in [6.45, 7) is 2.85. The van der Waals surface area contributed by atoms with Crippen LogP contribution in [0.1, 0.15) is 36.9 Å². The molecule has 2 aromatic rings. The third kappa shape index (κ3) is 2.39. The number of H-pyrrole nitrogens is 1. The highest BCUT2D eigenvalue weighted by molar-refractivity contribution is 5.31. The summed E-state index contributed by atoms with van der Waals surface area (Å²) in [6, 6.07) is 0.592. The summed E-state index contributed by atoms with van der Waals surface area (Å²) in [5.41, 5.74) is 2.22. The number of hydrogen-bond acceptors (Lipinski definition) is 3. The number of nitrogens with zero attached hydrogens (tertiary/aromatic N) is 3. The summed E-state index contributed by atoms with van der Waals surface area (Å²) in [6.07, 6.45) is 11.1. The predicted octanol–water partition coefficient (Wildman–Crippen LogP) is 2.32. The van der Waals surface area contributed by atoms with Crippen LogP contribution in [0.4, 0.5) is 5.95 Å². The summed E-state index contributed by atoms with van der Waals surface area (Å²) in [5, 5.41) is 10.4. The summed E-state index contributed by atoms with van der Waals surface area (Å²) >= 11 is 0. The zero-order valence-corrected chi connectivity index (χ0v) is 10.7. The van der Waals surface area contributed by atoms with Crippen LogP contribution in [0, 0.1) is 6.92 Å². The first-order valence-electron chi connectivity index (χ1n) is 6.59. The first-order chi connectivity index (χ1) is 8.81. The van der Waals surface area contributed by atoms with E-state index in [0.717, 1.165) is 18.2 Å². The van der Waals surface area contributed by atoms with E-state index in [1.54, 1.807) is 0 Å². The van der Waals surface area contributed by atoms with Gasteiger partial charge in [-0.15, -0.1) is 0 Å². The lowest BCUT2D eigenvalue weighted by molar-refractivity contribution is 0.716. The van der Waals surface area contributed by atoms with Crippen molar-refractivity contribution in [1.82, 2.24) is 19.7 Å². The van der Waals surface area contributed by atoms with Gasteiger partial charge in [0, 0.05) is 24.0 Å². The van der Waals surface area contributed by atoms with Crippen LogP contribution in [0.3, 0.4) is 0 Å². The van der Waals surface area contributed by atoms with E-state index in [4.69, 9.17) is 0 Å². The van der Waals surface area contributed by atoms with Crippen molar-refractivity contribution in [1.29, 1.82) is 0 Å². The molecule has 5 heteroatoms. The topological polar surface area (TPSA) is 58.5 Å². The third-order valence-electron chi connectivity index (χ3n) is 3.49. The molecule has 0 unspecified atom stereocenters. The largest absolute Gasteiger partial charge is 0.353 e. The molecular weight excluding hydrogens is 226 g/mol. The van der Waals surface area contributed by atoms with E-state index in [9.17, 15) is 0 Å². The molecular formula is C13H19N5. The van der Waals surface area contributed by atoms with Gasteiger partial charge in [-0.2, -0.15) is 5.10 Å². The first kappa shape index (κ1) is 11.3. The Labute approximate surface area is 107 Å². The molecule has 3 rings (SSSR count). The zero-order valence-electron chi connectivity index (χ0n) is 10.7. The highest BCUT2D eigenvalue weighted by Crippen LogP contribution is 2.22. The number of aryl methyl sites for hydroxylation is 1. The van der Waals surface area contributed by atoms with Crippen molar-refractivity contribution in [2.24, 2.45) is 0 Å². The molecule has 2 N–H and O–H groups in total. The first-order valence-corrected chi connectivity index (χ1v) is 6.59. The molecule has 0 saturated heterocycles. The monoisotopic (exact) mass is 245 g/mol. The highest BCUT2D eigenvalue weighted by Gasteiger charge is 2.17. The van der Waals surface area contributed by atoms with Crippen LogP contribution in [0.2, 0.25) is 0 Å². The van der Waals surface area contributed by atoms with Gasteiger partial charge in [0.1, 0.15) is 0 Å². The molecule has 0 radical (unpaired) electrons. The third-order valence-corrected chi connectivity index (χ3v) is 3.49. The molecule has 18 heavy (non-hydrogen) atoms. The molecule has 96 valence electrons. The molecule has 0 amide bonds. The van der Waals surface area contributed by atoms with Crippen LogP contribution in [0.15, 0.2) is 18.6 Å². The Morgan fingerprint density at radius 1 is 1.44 bits per heavy atom. The summed E-state index contributed by atoms with van der Waals surface area (Å²) in [7, 11) is 0. The second kappa shape index (κ2) is 4.84. The Balaban J connectivity index is 1.76. The average molecular weight is 245 g/mol. The van der Waals surface area contributed by atoms with Crippen molar-refractivity contribution in [2.45, 2.75) is 45.2 Å². The van der Waals surface area contributed by atoms with Gasteiger partial charge in [-0.25, -0.2) is 4.98 Å². The minimum atomic E-state index is 0.592. The van der Waals surface area contributed by atoms with Crippen LogP contribution < -0.4 is 5.32 Å². The number of rotatable bonds is 4. The van der Waals surface area contributed by atoms with Crippen molar-refractivity contribution < 1.29 is 0 Å². The molecule has 2 heterocycles. The Bertz CT molecular complexity index is 493. The fourth-order valence-electron chi connectivity index (χ4n) is 2.60. The van der Waals surface area contributed by atoms with Gasteiger partial charge < -0.3 is 9.88 Å². The predicted molar refractivity (Wildman–Crippen MR) is 70.5 cm³/mol. The molecule has 0 spiro atoms. The average Bonchev–Trinajstić information content (AvgIpc) is 3.03. The normalized spacial score (nSPS) is 16.3. The van der Waals surface area contributed by atoms with Crippen LogP contribution in [0.25, 0.3) is 0 Å². The van der Waals surface area contributed by atoms with Crippen LogP contribution in [-0.2, 0) is 6.54 Å². The second-order valence-electron chi connectivity index (χ2n) is 5.07. The van der Waals surface area contributed by atoms with Crippen molar-refractivity contribution >= 4 is 5.95 Å². The summed E-state index contributed by atoms with van der Waals surface area (Å²) in [4.78, 5) is 4.58. The van der Waals surface area contributed by atoms with E-state index in [0.29, 0.717) is 6.04 Å². The lowest BCUT2D eigenvalue weighted by atomic mass is 10.2. The minimum absolute atomic E-state index is 0.592. The summed E-state index contributed by atoms with van der Waals surface area (Å²) < 4.78 is 2.17. The maximum Gasteiger partial charge on any atom is 0.203 e. The number of hydrogen-bond donors (Lipinski definition) is 2. The van der Waals surface area contributed by atoms with Crippen LogP contribution in [0.5, 0.6) is 0 Å². The number of anilines is 1. The Morgan fingerprint density at radius 2 is 2.28 bits per heavy atom. The van der Waals surface area contributed by atoms with E-state index < -0.39 is 0 Å².